The van der Waals surface area contributed by atoms with Gasteiger partial charge in [-0.2, -0.15) is 0 Å². The van der Waals surface area contributed by atoms with E-state index in [0.29, 0.717) is 22.3 Å². The number of imidazole rings is 1. The third-order valence-corrected chi connectivity index (χ3v) is 6.62. The predicted molar refractivity (Wildman–Crippen MR) is 108 cm³/mol. The van der Waals surface area contributed by atoms with E-state index in [0.717, 1.165) is 16.9 Å². The lowest BCUT2D eigenvalue weighted by Gasteiger charge is -2.26. The number of hydrogen-bond acceptors (Lipinski definition) is 5. The van der Waals surface area contributed by atoms with Crippen molar-refractivity contribution in [1.82, 2.24) is 9.97 Å². The third kappa shape index (κ3) is 3.13. The van der Waals surface area contributed by atoms with Gasteiger partial charge in [-0.15, -0.1) is 0 Å². The Hall–Kier alpha value is -2.87. The van der Waals surface area contributed by atoms with Gasteiger partial charge in [0.25, 0.3) is 0 Å². The van der Waals surface area contributed by atoms with Crippen LogP contribution in [0.3, 0.4) is 0 Å². The molecule has 1 amide bonds. The molecule has 0 aliphatic carbocycles. The Morgan fingerprint density at radius 2 is 1.79 bits per heavy atom. The lowest BCUT2D eigenvalue weighted by molar-refractivity contribution is -0.120. The Morgan fingerprint density at radius 3 is 2.32 bits per heavy atom. The van der Waals surface area contributed by atoms with Crippen LogP contribution in [0, 0.1) is 13.8 Å². The van der Waals surface area contributed by atoms with E-state index < -0.39 is 21.5 Å². The molecule has 2 unspecified atom stereocenters. The lowest BCUT2D eigenvalue weighted by Crippen LogP contribution is -2.42. The van der Waals surface area contributed by atoms with E-state index >= 15 is 0 Å². The summed E-state index contributed by atoms with van der Waals surface area (Å²) in [6.07, 6.45) is 0. The van der Waals surface area contributed by atoms with E-state index in [2.05, 4.69) is 9.97 Å². The quantitative estimate of drug-likeness (QED) is 0.660. The first kappa shape index (κ1) is 19.9. The van der Waals surface area contributed by atoms with Crippen LogP contribution in [-0.2, 0) is 20.3 Å². The third-order valence-electron chi connectivity index (χ3n) is 4.90. The fraction of sp³-hybridized carbons (Fsp3) is 0.300. The first-order valence-corrected chi connectivity index (χ1v) is 9.78. The lowest BCUT2D eigenvalue weighted by atomic mass is 9.95. The SMILES string of the molecule is COc1ccc2nc(S(=O)C(C)(C(N)=O)c3cc(C)c(OC)c(C)c3)[nH]c2c1. The molecule has 0 saturated carbocycles. The predicted octanol–water partition coefficient (Wildman–Crippen LogP) is 2.71. The first-order valence-electron chi connectivity index (χ1n) is 8.63. The maximum atomic E-state index is 13.5. The molecular formula is C20H23N3O4S. The highest BCUT2D eigenvalue weighted by Crippen LogP contribution is 2.36. The highest BCUT2D eigenvalue weighted by Gasteiger charge is 2.43. The molecule has 7 nitrogen and oxygen atoms in total. The number of aryl methyl sites for hydroxylation is 2. The summed E-state index contributed by atoms with van der Waals surface area (Å²) in [6, 6.07) is 8.83. The molecule has 8 heteroatoms. The molecule has 3 N–H and O–H groups in total. The summed E-state index contributed by atoms with van der Waals surface area (Å²) in [6.45, 7) is 5.31. The number of H-pyrrole nitrogens is 1. The van der Waals surface area contributed by atoms with Crippen LogP contribution in [0.5, 0.6) is 11.5 Å². The van der Waals surface area contributed by atoms with Crippen LogP contribution in [0.15, 0.2) is 35.5 Å². The number of aromatic amines is 1. The highest BCUT2D eigenvalue weighted by molar-refractivity contribution is 7.86. The molecule has 28 heavy (non-hydrogen) atoms. The summed E-state index contributed by atoms with van der Waals surface area (Å²) in [5, 5.41) is 0.177. The summed E-state index contributed by atoms with van der Waals surface area (Å²) in [5.41, 5.74) is 9.22. The van der Waals surface area contributed by atoms with Crippen LogP contribution in [0.4, 0.5) is 0 Å². The van der Waals surface area contributed by atoms with Crippen molar-refractivity contribution in [3.63, 3.8) is 0 Å². The van der Waals surface area contributed by atoms with Gasteiger partial charge < -0.3 is 20.2 Å². The number of fused-ring (bicyclic) bond motifs is 1. The van der Waals surface area contributed by atoms with Crippen molar-refractivity contribution in [2.45, 2.75) is 30.7 Å². The number of aromatic nitrogens is 2. The molecule has 1 heterocycles. The molecule has 0 saturated heterocycles. The molecule has 3 rings (SSSR count). The summed E-state index contributed by atoms with van der Waals surface area (Å²) in [4.78, 5) is 19.9. The zero-order valence-corrected chi connectivity index (χ0v) is 17.3. The number of carbonyl (C=O) groups excluding carboxylic acids is 1. The smallest absolute Gasteiger partial charge is 0.241 e. The van der Waals surface area contributed by atoms with E-state index in [1.807, 2.05) is 13.8 Å². The average Bonchev–Trinajstić information content (AvgIpc) is 3.09. The number of nitrogens with two attached hydrogens (primary N) is 1. The van der Waals surface area contributed by atoms with Gasteiger partial charge in [0.2, 0.25) is 5.91 Å². The molecule has 1 aromatic heterocycles. The van der Waals surface area contributed by atoms with Crippen LogP contribution in [0.1, 0.15) is 23.6 Å². The Balaban J connectivity index is 2.14. The maximum Gasteiger partial charge on any atom is 0.241 e. The number of ether oxygens (including phenoxy) is 2. The number of methoxy groups -OCH3 is 2. The van der Waals surface area contributed by atoms with E-state index in [1.165, 1.54) is 0 Å². The van der Waals surface area contributed by atoms with Crippen molar-refractivity contribution in [3.05, 3.63) is 47.0 Å². The monoisotopic (exact) mass is 401 g/mol. The average molecular weight is 401 g/mol. The van der Waals surface area contributed by atoms with Gasteiger partial charge in [0.05, 0.1) is 25.3 Å². The number of rotatable bonds is 6. The fourth-order valence-electron chi connectivity index (χ4n) is 3.26. The summed E-state index contributed by atoms with van der Waals surface area (Å²) >= 11 is 0. The van der Waals surface area contributed by atoms with Gasteiger partial charge >= 0.3 is 0 Å². The maximum absolute atomic E-state index is 13.5. The number of benzene rings is 2. The molecule has 0 fully saturated rings. The van der Waals surface area contributed by atoms with E-state index in [9.17, 15) is 9.00 Å². The summed E-state index contributed by atoms with van der Waals surface area (Å²) in [7, 11) is 1.29. The zero-order valence-electron chi connectivity index (χ0n) is 16.5. The molecule has 0 radical (unpaired) electrons. The van der Waals surface area contributed by atoms with Crippen LogP contribution in [0.25, 0.3) is 11.0 Å². The van der Waals surface area contributed by atoms with Gasteiger partial charge in [-0.1, -0.05) is 12.1 Å². The molecule has 0 bridgehead atoms. The molecule has 148 valence electrons. The summed E-state index contributed by atoms with van der Waals surface area (Å²) in [5.74, 6) is 0.664. The van der Waals surface area contributed by atoms with Crippen LogP contribution in [0.2, 0.25) is 0 Å². The van der Waals surface area contributed by atoms with Crippen LogP contribution < -0.4 is 15.2 Å². The van der Waals surface area contributed by atoms with Crippen LogP contribution >= 0.6 is 0 Å². The van der Waals surface area contributed by atoms with Crippen LogP contribution in [-0.4, -0.2) is 34.3 Å². The molecule has 2 atom stereocenters. The molecular weight excluding hydrogens is 378 g/mol. The van der Waals surface area contributed by atoms with E-state index in [4.69, 9.17) is 15.2 Å². The summed E-state index contributed by atoms with van der Waals surface area (Å²) < 4.78 is 22.6. The minimum atomic E-state index is -1.86. The molecule has 0 aliphatic heterocycles. The fourth-order valence-corrected chi connectivity index (χ4v) is 4.55. The van der Waals surface area contributed by atoms with Crippen molar-refractivity contribution in [1.29, 1.82) is 0 Å². The first-order chi connectivity index (χ1) is 13.2. The van der Waals surface area contributed by atoms with Crippen molar-refractivity contribution in [2.24, 2.45) is 5.73 Å². The number of carbonyl (C=O) groups is 1. The standard InChI is InChI=1S/C20H23N3O4S/c1-11-8-13(9-12(2)17(11)27-5)20(3,18(21)24)28(25)19-22-15-7-6-14(26-4)10-16(15)23-19/h6-10H,1-5H3,(H2,21,24)(H,22,23). The largest absolute Gasteiger partial charge is 0.497 e. The zero-order chi connectivity index (χ0) is 20.6. The number of nitrogens with one attached hydrogen (secondary N) is 1. The Bertz CT molecular complexity index is 1070. The molecule has 2 aromatic carbocycles. The second-order valence-corrected chi connectivity index (χ2v) is 8.48. The van der Waals surface area contributed by atoms with Gasteiger partial charge in [-0.25, -0.2) is 9.19 Å². The minimum absolute atomic E-state index is 0.177. The van der Waals surface area contributed by atoms with Crippen molar-refractivity contribution >= 4 is 27.7 Å². The van der Waals surface area contributed by atoms with Gasteiger partial charge in [0.15, 0.2) is 9.90 Å². The van der Waals surface area contributed by atoms with Gasteiger partial charge in [-0.3, -0.25) is 4.79 Å². The Kier molecular flexibility index (Phi) is 5.16. The normalized spacial score (nSPS) is 14.5. The molecule has 0 spiro atoms. The van der Waals surface area contributed by atoms with Crippen molar-refractivity contribution in [3.8, 4) is 11.5 Å². The minimum Gasteiger partial charge on any atom is -0.497 e. The van der Waals surface area contributed by atoms with Gasteiger partial charge in [-0.05, 0) is 49.6 Å². The molecule has 0 aliphatic rings. The number of hydrogen-bond donors (Lipinski definition) is 2. The topological polar surface area (TPSA) is 107 Å². The van der Waals surface area contributed by atoms with E-state index in [1.54, 1.807) is 51.5 Å². The second kappa shape index (κ2) is 7.27. The van der Waals surface area contributed by atoms with Crippen molar-refractivity contribution in [2.75, 3.05) is 14.2 Å². The highest BCUT2D eigenvalue weighted by atomic mass is 32.2. The molecule has 3 aromatic rings. The number of nitrogens with zero attached hydrogens (tertiary/aromatic N) is 1. The second-order valence-electron chi connectivity index (χ2n) is 6.73. The van der Waals surface area contributed by atoms with Gasteiger partial charge in [0.1, 0.15) is 22.3 Å². The number of amides is 1. The van der Waals surface area contributed by atoms with Gasteiger partial charge in [0, 0.05) is 6.07 Å². The number of primary amides is 1. The Morgan fingerprint density at radius 1 is 1.14 bits per heavy atom. The Labute approximate surface area is 165 Å². The van der Waals surface area contributed by atoms with Crippen molar-refractivity contribution < 1.29 is 18.5 Å². The van der Waals surface area contributed by atoms with E-state index in [-0.39, 0.29) is 5.16 Å².